The third kappa shape index (κ3) is 10.1. The van der Waals surface area contributed by atoms with Crippen LogP contribution in [0.1, 0.15) is 53.7 Å². The zero-order valence-electron chi connectivity index (χ0n) is 37.2. The summed E-state index contributed by atoms with van der Waals surface area (Å²) in [6, 6.07) is 17.3. The lowest BCUT2D eigenvalue weighted by molar-refractivity contribution is -0.134. The molecule has 4 aromatic rings. The van der Waals surface area contributed by atoms with Gasteiger partial charge < -0.3 is 34.7 Å². The number of aromatic amines is 1. The first kappa shape index (κ1) is 45.3. The van der Waals surface area contributed by atoms with Gasteiger partial charge in [0.05, 0.1) is 23.8 Å². The second kappa shape index (κ2) is 20.2. The number of imide groups is 1. The third-order valence-corrected chi connectivity index (χ3v) is 12.4. The second-order valence-corrected chi connectivity index (χ2v) is 16.7. The molecule has 0 bridgehead atoms. The van der Waals surface area contributed by atoms with Crippen molar-refractivity contribution in [2.24, 2.45) is 11.1 Å². The summed E-state index contributed by atoms with van der Waals surface area (Å²) in [4.78, 5) is 74.0. The number of hydrazine groups is 1. The van der Waals surface area contributed by atoms with E-state index in [4.69, 9.17) is 10.6 Å². The largest absolute Gasteiger partial charge is 0.496 e. The molecular formula is C47H59N11O6. The summed E-state index contributed by atoms with van der Waals surface area (Å²) in [5.74, 6) is 5.61. The summed E-state index contributed by atoms with van der Waals surface area (Å²) >= 11 is 0. The molecule has 0 radical (unpaired) electrons. The van der Waals surface area contributed by atoms with E-state index in [9.17, 15) is 24.1 Å². The van der Waals surface area contributed by atoms with Gasteiger partial charge in [-0.2, -0.15) is 0 Å². The van der Waals surface area contributed by atoms with Crippen LogP contribution in [0.4, 0.5) is 17.1 Å². The molecule has 0 aliphatic carbocycles. The van der Waals surface area contributed by atoms with Gasteiger partial charge >= 0.3 is 0 Å². The molecule has 4 heterocycles. The molecule has 17 heteroatoms. The van der Waals surface area contributed by atoms with E-state index in [1.54, 1.807) is 39.2 Å². The molecule has 0 spiro atoms. The Bertz CT molecular complexity index is 2440. The Morgan fingerprint density at radius 1 is 1.03 bits per heavy atom. The minimum atomic E-state index is -0.845. The number of H-pyrrole nitrogens is 1. The smallest absolute Gasteiger partial charge is 0.269 e. The number of nitrogens with zero attached hydrogens (tertiary/aromatic N) is 7. The SMILES string of the molecule is C=CN(N)CCC(=O)N1CCC=C(c2cc(-c3ccc(N4CCN(CCCc5ccc(N(N=O)C6CCC(=O)NC6=O)c(NC)c5)CC4)cc3OC)c3cc(C(=O)N(C)C)[nH]c3c2)C1. The number of nitrogens with two attached hydrogens (primary N) is 1. The van der Waals surface area contributed by atoms with E-state index in [0.29, 0.717) is 43.1 Å². The van der Waals surface area contributed by atoms with Crippen LogP contribution in [0.3, 0.4) is 0 Å². The topological polar surface area (TPSA) is 192 Å². The maximum Gasteiger partial charge on any atom is 0.269 e. The second-order valence-electron chi connectivity index (χ2n) is 16.7. The van der Waals surface area contributed by atoms with Gasteiger partial charge in [0.15, 0.2) is 0 Å². The highest BCUT2D eigenvalue weighted by atomic mass is 16.5. The van der Waals surface area contributed by atoms with Crippen LogP contribution in [0.2, 0.25) is 0 Å². The number of rotatable bonds is 17. The third-order valence-electron chi connectivity index (χ3n) is 12.4. The average Bonchev–Trinajstić information content (AvgIpc) is 3.75. The minimum Gasteiger partial charge on any atom is -0.496 e. The number of ether oxygens (including phenoxy) is 1. The predicted octanol–water partition coefficient (Wildman–Crippen LogP) is 4.96. The van der Waals surface area contributed by atoms with Gasteiger partial charge in [-0.05, 0) is 97.0 Å². The summed E-state index contributed by atoms with van der Waals surface area (Å²) in [5.41, 5.74) is 8.47. The van der Waals surface area contributed by atoms with Gasteiger partial charge in [-0.15, -0.1) is 4.91 Å². The van der Waals surface area contributed by atoms with Gasteiger partial charge in [-0.3, -0.25) is 29.4 Å². The number of fused-ring (bicyclic) bond motifs is 1. The Balaban J connectivity index is 1.02. The molecule has 3 aromatic carbocycles. The van der Waals surface area contributed by atoms with E-state index in [0.717, 1.165) is 107 Å². The monoisotopic (exact) mass is 873 g/mol. The number of carbonyl (C=O) groups is 4. The average molecular weight is 874 g/mol. The molecule has 17 nitrogen and oxygen atoms in total. The number of aromatic nitrogens is 1. The highest BCUT2D eigenvalue weighted by Crippen LogP contribution is 2.40. The fraction of sp³-hybridized carbons (Fsp3) is 0.404. The molecule has 4 amide bonds. The highest BCUT2D eigenvalue weighted by molar-refractivity contribution is 6.05. The Labute approximate surface area is 373 Å². The van der Waals surface area contributed by atoms with Crippen LogP contribution < -0.4 is 31.1 Å². The molecule has 3 aliphatic rings. The predicted molar refractivity (Wildman–Crippen MR) is 251 cm³/mol. The van der Waals surface area contributed by atoms with Crippen molar-refractivity contribution in [2.45, 2.75) is 44.6 Å². The van der Waals surface area contributed by atoms with Crippen molar-refractivity contribution < 1.29 is 23.9 Å². The molecular weight excluding hydrogens is 815 g/mol. The highest BCUT2D eigenvalue weighted by Gasteiger charge is 2.34. The quantitative estimate of drug-likeness (QED) is 0.0484. The first-order chi connectivity index (χ1) is 30.9. The summed E-state index contributed by atoms with van der Waals surface area (Å²) in [7, 11) is 6.91. The number of benzene rings is 3. The van der Waals surface area contributed by atoms with Gasteiger partial charge in [-0.25, -0.2) is 10.9 Å². The fourth-order valence-electron chi connectivity index (χ4n) is 8.80. The lowest BCUT2D eigenvalue weighted by Gasteiger charge is -2.36. The normalized spacial score (nSPS) is 16.8. The molecule has 338 valence electrons. The summed E-state index contributed by atoms with van der Waals surface area (Å²) in [6.45, 7) is 9.59. The van der Waals surface area contributed by atoms with Crippen molar-refractivity contribution in [3.63, 3.8) is 0 Å². The molecule has 5 N–H and O–H groups in total. The first-order valence-corrected chi connectivity index (χ1v) is 21.8. The van der Waals surface area contributed by atoms with Crippen LogP contribution in [0.15, 0.2) is 78.7 Å². The number of piperidine rings is 1. The Kier molecular flexibility index (Phi) is 14.3. The summed E-state index contributed by atoms with van der Waals surface area (Å²) in [5, 5.41) is 12.1. The molecule has 3 aliphatic heterocycles. The number of nitrogens with one attached hydrogen (secondary N) is 3. The molecule has 0 saturated carbocycles. The van der Waals surface area contributed by atoms with Crippen LogP contribution >= 0.6 is 0 Å². The van der Waals surface area contributed by atoms with Crippen LogP contribution in [0.5, 0.6) is 5.75 Å². The number of amides is 4. The van der Waals surface area contributed by atoms with Gasteiger partial charge in [0.1, 0.15) is 17.5 Å². The lowest BCUT2D eigenvalue weighted by atomic mass is 9.93. The summed E-state index contributed by atoms with van der Waals surface area (Å²) < 4.78 is 6.09. The zero-order valence-corrected chi connectivity index (χ0v) is 37.2. The van der Waals surface area contributed by atoms with E-state index in [1.165, 1.54) is 11.2 Å². The zero-order chi connectivity index (χ0) is 45.5. The molecule has 1 unspecified atom stereocenters. The Morgan fingerprint density at radius 3 is 2.53 bits per heavy atom. The van der Waals surface area contributed by atoms with Gasteiger partial charge in [0.2, 0.25) is 11.8 Å². The number of anilines is 3. The van der Waals surface area contributed by atoms with Crippen molar-refractivity contribution in [3.8, 4) is 16.9 Å². The standard InChI is InChI=1S/C47H59N11O6/c1-6-57(48)20-17-45(60)56-19-8-10-32(30-56)33-26-36(37-29-40(47(62)53(3)4)50-38(37)27-33)35-13-12-34(28-43(35)64-5)55-23-21-54(22-24-55)18-7-9-31-11-14-41(39(25-31)49-2)58(52-63)42-15-16-44(59)51-46(42)61/h6,10-14,25-29,42,49-50H,1,7-9,15-24,30,48H2,2-5H3,(H,51,59,61). The van der Waals surface area contributed by atoms with Crippen molar-refractivity contribution in [2.75, 3.05) is 95.8 Å². The van der Waals surface area contributed by atoms with E-state index in [2.05, 4.69) is 73.7 Å². The Morgan fingerprint density at radius 2 is 1.83 bits per heavy atom. The number of hydrogen-bond acceptors (Lipinski definition) is 12. The van der Waals surface area contributed by atoms with Crippen molar-refractivity contribution in [3.05, 3.63) is 95.2 Å². The number of methoxy groups -OCH3 is 1. The number of piperazine rings is 1. The van der Waals surface area contributed by atoms with Crippen LogP contribution in [0.25, 0.3) is 27.6 Å². The molecule has 2 fully saturated rings. The summed E-state index contributed by atoms with van der Waals surface area (Å²) in [6.07, 6.45) is 6.86. The van der Waals surface area contributed by atoms with E-state index >= 15 is 0 Å². The first-order valence-electron chi connectivity index (χ1n) is 21.8. The lowest BCUT2D eigenvalue weighted by Crippen LogP contribution is -2.51. The van der Waals surface area contributed by atoms with Crippen molar-refractivity contribution >= 4 is 57.2 Å². The Hall–Kier alpha value is -6.72. The number of hydrogen-bond donors (Lipinski definition) is 4. The number of nitroso groups, excluding NO2 is 1. The minimum absolute atomic E-state index is 0.0313. The van der Waals surface area contributed by atoms with Crippen LogP contribution in [0, 0.1) is 4.91 Å². The van der Waals surface area contributed by atoms with Crippen molar-refractivity contribution in [1.29, 1.82) is 0 Å². The molecule has 7 rings (SSSR count). The van der Waals surface area contributed by atoms with E-state index < -0.39 is 11.9 Å². The van der Waals surface area contributed by atoms with Crippen LogP contribution in [-0.2, 0) is 20.8 Å². The maximum atomic E-state index is 13.2. The molecule has 1 atom stereocenters. The van der Waals surface area contributed by atoms with Gasteiger partial charge in [0.25, 0.3) is 11.8 Å². The fourth-order valence-corrected chi connectivity index (χ4v) is 8.80. The van der Waals surface area contributed by atoms with Crippen LogP contribution in [-0.4, -0.2) is 135 Å². The molecule has 2 saturated heterocycles. The molecule has 64 heavy (non-hydrogen) atoms. The van der Waals surface area contributed by atoms with E-state index in [1.807, 2.05) is 23.1 Å². The van der Waals surface area contributed by atoms with E-state index in [-0.39, 0.29) is 30.6 Å². The molecule has 1 aromatic heterocycles. The maximum absolute atomic E-state index is 13.2. The number of aryl methyl sites for hydroxylation is 1. The number of carbonyl (C=O) groups excluding carboxylic acids is 4. The van der Waals surface area contributed by atoms with Gasteiger partial charge in [-0.1, -0.05) is 18.7 Å². The van der Waals surface area contributed by atoms with Crippen molar-refractivity contribution in [1.82, 2.24) is 30.0 Å². The van der Waals surface area contributed by atoms with Gasteiger partial charge in [0, 0.05) is 114 Å².